The van der Waals surface area contributed by atoms with Gasteiger partial charge in [0.15, 0.2) is 0 Å². The van der Waals surface area contributed by atoms with E-state index in [9.17, 15) is 4.79 Å². The molecule has 2 heterocycles. The zero-order chi connectivity index (χ0) is 13.1. The Kier molecular flexibility index (Phi) is 4.18. The lowest BCUT2D eigenvalue weighted by molar-refractivity contribution is -0.128. The molecular weight excluding hydrogens is 256 g/mol. The van der Waals surface area contributed by atoms with Crippen molar-refractivity contribution in [2.45, 2.75) is 44.7 Å². The normalized spacial score (nSPS) is 24.5. The Labute approximate surface area is 119 Å². The zero-order valence-corrected chi connectivity index (χ0v) is 12.1. The van der Waals surface area contributed by atoms with Gasteiger partial charge in [-0.1, -0.05) is 31.7 Å². The fourth-order valence-corrected chi connectivity index (χ4v) is 4.15. The predicted octanol–water partition coefficient (Wildman–Crippen LogP) is 3.15. The van der Waals surface area contributed by atoms with Crippen molar-refractivity contribution in [3.8, 4) is 0 Å². The molecule has 1 aliphatic carbocycles. The van der Waals surface area contributed by atoms with Crippen LogP contribution in [0.15, 0.2) is 17.5 Å². The van der Waals surface area contributed by atoms with E-state index in [1.54, 1.807) is 11.3 Å². The first-order valence-corrected chi connectivity index (χ1v) is 8.29. The fraction of sp³-hybridized carbons (Fsp3) is 0.667. The van der Waals surface area contributed by atoms with E-state index in [0.717, 1.165) is 18.9 Å². The first-order chi connectivity index (χ1) is 9.34. The maximum absolute atomic E-state index is 12.0. The zero-order valence-electron chi connectivity index (χ0n) is 11.3. The summed E-state index contributed by atoms with van der Waals surface area (Å²) in [6.45, 7) is 1.40. The van der Waals surface area contributed by atoms with Crippen molar-refractivity contribution in [1.82, 2.24) is 10.2 Å². The Bertz CT molecular complexity index is 412. The molecule has 3 nitrogen and oxygen atoms in total. The van der Waals surface area contributed by atoms with Gasteiger partial charge in [0.2, 0.25) is 5.91 Å². The molecule has 4 heteroatoms. The van der Waals surface area contributed by atoms with Gasteiger partial charge in [-0.15, -0.1) is 11.3 Å². The summed E-state index contributed by atoms with van der Waals surface area (Å²) in [5.41, 5.74) is 0. The van der Waals surface area contributed by atoms with Crippen LogP contribution in [0.1, 0.15) is 49.6 Å². The van der Waals surface area contributed by atoms with E-state index in [0.29, 0.717) is 6.54 Å². The van der Waals surface area contributed by atoms with Crippen LogP contribution in [-0.2, 0) is 4.79 Å². The maximum Gasteiger partial charge on any atom is 0.238 e. The molecule has 1 amide bonds. The van der Waals surface area contributed by atoms with Crippen molar-refractivity contribution in [2.75, 3.05) is 13.1 Å². The summed E-state index contributed by atoms with van der Waals surface area (Å²) in [6, 6.07) is 4.17. The highest BCUT2D eigenvalue weighted by Gasteiger charge is 2.31. The lowest BCUT2D eigenvalue weighted by Crippen LogP contribution is -2.30. The van der Waals surface area contributed by atoms with E-state index in [2.05, 4.69) is 22.8 Å². The number of hydrogen-bond donors (Lipinski definition) is 1. The largest absolute Gasteiger partial charge is 0.321 e. The van der Waals surface area contributed by atoms with E-state index in [-0.39, 0.29) is 12.1 Å². The van der Waals surface area contributed by atoms with Crippen molar-refractivity contribution in [2.24, 2.45) is 5.92 Å². The van der Waals surface area contributed by atoms with Crippen molar-refractivity contribution in [3.05, 3.63) is 22.4 Å². The van der Waals surface area contributed by atoms with Gasteiger partial charge in [-0.2, -0.15) is 0 Å². The van der Waals surface area contributed by atoms with E-state index >= 15 is 0 Å². The minimum atomic E-state index is 0.121. The number of rotatable bonds is 5. The van der Waals surface area contributed by atoms with Gasteiger partial charge in [0.1, 0.15) is 6.17 Å². The number of carbonyl (C=O) groups excluding carboxylic acids is 1. The topological polar surface area (TPSA) is 32.3 Å². The van der Waals surface area contributed by atoms with Crippen LogP contribution < -0.4 is 5.32 Å². The maximum atomic E-state index is 12.0. The average molecular weight is 278 g/mol. The van der Waals surface area contributed by atoms with Gasteiger partial charge in [-0.05, 0) is 30.2 Å². The molecule has 0 bridgehead atoms. The van der Waals surface area contributed by atoms with Crippen LogP contribution in [0.3, 0.4) is 0 Å². The molecule has 0 aromatic carbocycles. The number of nitrogens with zero attached hydrogens (tertiary/aromatic N) is 1. The molecule has 1 saturated carbocycles. The average Bonchev–Trinajstić information content (AvgIpc) is 3.12. The van der Waals surface area contributed by atoms with Gasteiger partial charge < -0.3 is 4.90 Å². The van der Waals surface area contributed by atoms with Crippen molar-refractivity contribution in [1.29, 1.82) is 0 Å². The summed E-state index contributed by atoms with van der Waals surface area (Å²) >= 11 is 1.73. The van der Waals surface area contributed by atoms with Crippen LogP contribution in [0.2, 0.25) is 0 Å². The molecule has 1 aromatic heterocycles. The second-order valence-electron chi connectivity index (χ2n) is 5.68. The molecule has 0 spiro atoms. The van der Waals surface area contributed by atoms with Crippen LogP contribution in [-0.4, -0.2) is 23.9 Å². The molecule has 1 aliphatic heterocycles. The number of hydrogen-bond acceptors (Lipinski definition) is 3. The molecule has 104 valence electrons. The van der Waals surface area contributed by atoms with Crippen molar-refractivity contribution in [3.63, 3.8) is 0 Å². The van der Waals surface area contributed by atoms with E-state index in [1.807, 2.05) is 4.90 Å². The van der Waals surface area contributed by atoms with E-state index < -0.39 is 0 Å². The minimum absolute atomic E-state index is 0.121. The fourth-order valence-electron chi connectivity index (χ4n) is 3.34. The number of nitrogens with one attached hydrogen (secondary N) is 1. The highest BCUT2D eigenvalue weighted by Crippen LogP contribution is 2.30. The Morgan fingerprint density at radius 3 is 2.95 bits per heavy atom. The summed E-state index contributed by atoms with van der Waals surface area (Å²) < 4.78 is 0. The Morgan fingerprint density at radius 2 is 2.21 bits per heavy atom. The van der Waals surface area contributed by atoms with Crippen molar-refractivity contribution < 1.29 is 4.79 Å². The van der Waals surface area contributed by atoms with Gasteiger partial charge in [0.25, 0.3) is 0 Å². The molecule has 3 rings (SSSR count). The molecule has 1 unspecified atom stereocenters. The van der Waals surface area contributed by atoms with Gasteiger partial charge in [0, 0.05) is 11.4 Å². The summed E-state index contributed by atoms with van der Waals surface area (Å²) in [5, 5.41) is 5.40. The second-order valence-corrected chi connectivity index (χ2v) is 6.66. The quantitative estimate of drug-likeness (QED) is 0.897. The third-order valence-electron chi connectivity index (χ3n) is 4.38. The van der Waals surface area contributed by atoms with Crippen LogP contribution in [0.4, 0.5) is 0 Å². The van der Waals surface area contributed by atoms with Crippen LogP contribution in [0, 0.1) is 5.92 Å². The molecule has 1 saturated heterocycles. The van der Waals surface area contributed by atoms with Gasteiger partial charge >= 0.3 is 0 Å². The molecule has 1 aromatic rings. The molecule has 1 atom stereocenters. The standard InChI is InChI=1S/C15H22N2OS/c18-14-11-16-15(13-8-4-10-19-13)17(14)9-3-7-12-5-1-2-6-12/h4,8,10,12,15-16H,1-3,5-7,9,11H2. The predicted molar refractivity (Wildman–Crippen MR) is 78.0 cm³/mol. The van der Waals surface area contributed by atoms with Gasteiger partial charge in [0.05, 0.1) is 6.54 Å². The molecule has 1 N–H and O–H groups in total. The van der Waals surface area contributed by atoms with Gasteiger partial charge in [-0.3, -0.25) is 10.1 Å². The van der Waals surface area contributed by atoms with Crippen molar-refractivity contribution >= 4 is 17.2 Å². The summed E-state index contributed by atoms with van der Waals surface area (Å²) in [4.78, 5) is 15.3. The summed E-state index contributed by atoms with van der Waals surface area (Å²) in [5.74, 6) is 1.18. The molecule has 2 fully saturated rings. The number of amides is 1. The molecule has 0 radical (unpaired) electrons. The molecule has 19 heavy (non-hydrogen) atoms. The van der Waals surface area contributed by atoms with Crippen LogP contribution in [0.25, 0.3) is 0 Å². The Morgan fingerprint density at radius 1 is 1.37 bits per heavy atom. The number of carbonyl (C=O) groups is 1. The number of thiophene rings is 1. The summed E-state index contributed by atoms with van der Waals surface area (Å²) in [6.07, 6.45) is 8.19. The molecule has 2 aliphatic rings. The second kappa shape index (κ2) is 6.06. The highest BCUT2D eigenvalue weighted by molar-refractivity contribution is 7.10. The Balaban J connectivity index is 1.53. The minimum Gasteiger partial charge on any atom is -0.321 e. The van der Waals surface area contributed by atoms with Crippen LogP contribution in [0.5, 0.6) is 0 Å². The van der Waals surface area contributed by atoms with Gasteiger partial charge in [-0.25, -0.2) is 0 Å². The first kappa shape index (κ1) is 13.1. The first-order valence-electron chi connectivity index (χ1n) is 7.41. The SMILES string of the molecule is O=C1CNC(c2cccs2)N1CCCC1CCCC1. The monoisotopic (exact) mass is 278 g/mol. The van der Waals surface area contributed by atoms with E-state index in [1.165, 1.54) is 37.0 Å². The Hall–Kier alpha value is -0.870. The van der Waals surface area contributed by atoms with E-state index in [4.69, 9.17) is 0 Å². The lowest BCUT2D eigenvalue weighted by atomic mass is 10.0. The third-order valence-corrected chi connectivity index (χ3v) is 5.30. The molecular formula is C15H22N2OS. The smallest absolute Gasteiger partial charge is 0.238 e. The summed E-state index contributed by atoms with van der Waals surface area (Å²) in [7, 11) is 0. The highest BCUT2D eigenvalue weighted by atomic mass is 32.1. The lowest BCUT2D eigenvalue weighted by Gasteiger charge is -2.24. The van der Waals surface area contributed by atoms with Crippen LogP contribution >= 0.6 is 11.3 Å². The third kappa shape index (κ3) is 3.00.